The van der Waals surface area contributed by atoms with Crippen molar-refractivity contribution < 1.29 is 14.7 Å². The minimum atomic E-state index is -0.866. The Morgan fingerprint density at radius 2 is 2.00 bits per heavy atom. The fourth-order valence-corrected chi connectivity index (χ4v) is 2.10. The molecule has 0 saturated heterocycles. The molecule has 0 spiro atoms. The first-order valence-electron chi connectivity index (χ1n) is 6.84. The van der Waals surface area contributed by atoms with E-state index in [9.17, 15) is 9.59 Å². The number of rotatable bonds is 7. The van der Waals surface area contributed by atoms with Gasteiger partial charge < -0.3 is 10.4 Å². The number of nitriles is 1. The predicted molar refractivity (Wildman–Crippen MR) is 76.6 cm³/mol. The molecule has 1 saturated carbocycles. The Bertz CT molecular complexity index is 559. The van der Waals surface area contributed by atoms with E-state index < -0.39 is 5.97 Å². The first-order chi connectivity index (χ1) is 10.1. The minimum absolute atomic E-state index is 0.0190. The average molecular weight is 287 g/mol. The van der Waals surface area contributed by atoms with Crippen LogP contribution < -0.4 is 5.32 Å². The van der Waals surface area contributed by atoms with Crippen LogP contribution in [0.3, 0.4) is 0 Å². The highest BCUT2D eigenvalue weighted by Crippen LogP contribution is 2.26. The Morgan fingerprint density at radius 3 is 2.52 bits per heavy atom. The number of amides is 1. The summed E-state index contributed by atoms with van der Waals surface area (Å²) in [5, 5.41) is 20.3. The summed E-state index contributed by atoms with van der Waals surface area (Å²) in [6, 6.07) is 8.94. The normalized spacial score (nSPS) is 13.7. The Labute approximate surface area is 123 Å². The zero-order valence-corrected chi connectivity index (χ0v) is 11.6. The van der Waals surface area contributed by atoms with Gasteiger partial charge in [0.2, 0.25) is 5.91 Å². The molecule has 2 N–H and O–H groups in total. The topological polar surface area (TPSA) is 93.4 Å². The van der Waals surface area contributed by atoms with E-state index in [0.29, 0.717) is 23.8 Å². The van der Waals surface area contributed by atoms with Gasteiger partial charge in [-0.2, -0.15) is 5.26 Å². The lowest BCUT2D eigenvalue weighted by atomic mass is 10.2. The lowest BCUT2D eigenvalue weighted by Gasteiger charge is -2.19. The van der Waals surface area contributed by atoms with Gasteiger partial charge in [-0.05, 0) is 37.1 Å². The van der Waals surface area contributed by atoms with Crippen LogP contribution >= 0.6 is 0 Å². The Balaban J connectivity index is 1.80. The molecular formula is C15H17N3O3. The van der Waals surface area contributed by atoms with Crippen LogP contribution in [0.1, 0.15) is 24.8 Å². The second-order valence-electron chi connectivity index (χ2n) is 5.08. The highest BCUT2D eigenvalue weighted by molar-refractivity contribution is 5.90. The number of carboxylic acids is 1. The fourth-order valence-electron chi connectivity index (χ4n) is 2.10. The number of carbonyl (C=O) groups is 2. The number of aliphatic carboxylic acids is 1. The van der Waals surface area contributed by atoms with E-state index in [1.165, 1.54) is 0 Å². The second kappa shape index (κ2) is 6.86. The molecule has 1 aliphatic rings. The molecule has 1 aromatic carbocycles. The van der Waals surface area contributed by atoms with E-state index in [1.807, 2.05) is 11.0 Å². The maximum atomic E-state index is 11.8. The molecule has 21 heavy (non-hydrogen) atoms. The minimum Gasteiger partial charge on any atom is -0.480 e. The molecule has 0 bridgehead atoms. The van der Waals surface area contributed by atoms with Crippen molar-refractivity contribution in [3.8, 4) is 6.07 Å². The van der Waals surface area contributed by atoms with Crippen molar-refractivity contribution in [3.05, 3.63) is 29.8 Å². The Hall–Kier alpha value is -2.39. The van der Waals surface area contributed by atoms with Crippen LogP contribution in [0.25, 0.3) is 0 Å². The van der Waals surface area contributed by atoms with E-state index in [4.69, 9.17) is 10.4 Å². The summed E-state index contributed by atoms with van der Waals surface area (Å²) in [5.41, 5.74) is 1.17. The van der Waals surface area contributed by atoms with E-state index in [0.717, 1.165) is 12.8 Å². The molecule has 110 valence electrons. The van der Waals surface area contributed by atoms with Gasteiger partial charge in [0.05, 0.1) is 18.2 Å². The van der Waals surface area contributed by atoms with Crippen molar-refractivity contribution in [2.24, 2.45) is 0 Å². The third-order valence-electron chi connectivity index (χ3n) is 3.33. The molecular weight excluding hydrogens is 270 g/mol. The molecule has 0 unspecified atom stereocenters. The van der Waals surface area contributed by atoms with Gasteiger partial charge in [-0.1, -0.05) is 0 Å². The fraction of sp³-hybridized carbons (Fsp3) is 0.400. The molecule has 1 fully saturated rings. The third-order valence-corrected chi connectivity index (χ3v) is 3.33. The number of anilines is 1. The third kappa shape index (κ3) is 4.89. The van der Waals surface area contributed by atoms with E-state index in [-0.39, 0.29) is 18.9 Å². The Kier molecular flexibility index (Phi) is 4.90. The number of hydrogen-bond donors (Lipinski definition) is 2. The highest BCUT2D eigenvalue weighted by atomic mass is 16.4. The molecule has 6 nitrogen and oxygen atoms in total. The van der Waals surface area contributed by atoms with E-state index in [2.05, 4.69) is 5.32 Å². The number of hydrogen-bond acceptors (Lipinski definition) is 4. The SMILES string of the molecule is N#Cc1ccc(NC(=O)CCN(CC(=O)O)C2CC2)cc1. The zero-order valence-electron chi connectivity index (χ0n) is 11.6. The van der Waals surface area contributed by atoms with E-state index in [1.54, 1.807) is 24.3 Å². The van der Waals surface area contributed by atoms with Crippen LogP contribution in [0.2, 0.25) is 0 Å². The monoisotopic (exact) mass is 287 g/mol. The number of nitrogens with zero attached hydrogens (tertiary/aromatic N) is 2. The summed E-state index contributed by atoms with van der Waals surface area (Å²) in [5.74, 6) is -1.02. The summed E-state index contributed by atoms with van der Waals surface area (Å²) in [6.45, 7) is 0.424. The van der Waals surface area contributed by atoms with E-state index >= 15 is 0 Å². The average Bonchev–Trinajstić information content (AvgIpc) is 3.28. The van der Waals surface area contributed by atoms with Crippen molar-refractivity contribution in [1.29, 1.82) is 5.26 Å². The quantitative estimate of drug-likeness (QED) is 0.791. The molecule has 1 aromatic rings. The van der Waals surface area contributed by atoms with Gasteiger partial charge in [0, 0.05) is 24.7 Å². The maximum Gasteiger partial charge on any atom is 0.317 e. The van der Waals surface area contributed by atoms with Crippen LogP contribution in [-0.4, -0.2) is 41.0 Å². The summed E-state index contributed by atoms with van der Waals surface area (Å²) in [6.07, 6.45) is 2.26. The molecule has 0 aromatic heterocycles. The summed E-state index contributed by atoms with van der Waals surface area (Å²) in [4.78, 5) is 24.5. The molecule has 0 radical (unpaired) electrons. The van der Waals surface area contributed by atoms with Gasteiger partial charge in [-0.15, -0.1) is 0 Å². The van der Waals surface area contributed by atoms with Crippen molar-refractivity contribution in [1.82, 2.24) is 4.90 Å². The summed E-state index contributed by atoms with van der Waals surface area (Å²) >= 11 is 0. The largest absolute Gasteiger partial charge is 0.480 e. The number of nitrogens with one attached hydrogen (secondary N) is 1. The second-order valence-corrected chi connectivity index (χ2v) is 5.08. The highest BCUT2D eigenvalue weighted by Gasteiger charge is 2.30. The van der Waals surface area contributed by atoms with Crippen molar-refractivity contribution in [3.63, 3.8) is 0 Å². The molecule has 0 heterocycles. The summed E-state index contributed by atoms with van der Waals surface area (Å²) in [7, 11) is 0. The number of benzene rings is 1. The molecule has 0 aliphatic heterocycles. The zero-order chi connectivity index (χ0) is 15.2. The molecule has 2 rings (SSSR count). The standard InChI is InChI=1S/C15H17N3O3/c16-9-11-1-3-12(4-2-11)17-14(19)7-8-18(10-15(20)21)13-5-6-13/h1-4,13H,5-8,10H2,(H,17,19)(H,20,21). The molecule has 1 amide bonds. The van der Waals surface area contributed by atoms with Gasteiger partial charge in [0.25, 0.3) is 0 Å². The smallest absolute Gasteiger partial charge is 0.317 e. The van der Waals surface area contributed by atoms with Crippen molar-refractivity contribution >= 4 is 17.6 Å². The molecule has 0 atom stereocenters. The Morgan fingerprint density at radius 1 is 1.33 bits per heavy atom. The van der Waals surface area contributed by atoms with Gasteiger partial charge in [-0.3, -0.25) is 14.5 Å². The van der Waals surface area contributed by atoms with Crippen LogP contribution in [-0.2, 0) is 9.59 Å². The van der Waals surface area contributed by atoms with Crippen molar-refractivity contribution in [2.75, 3.05) is 18.4 Å². The maximum absolute atomic E-state index is 11.8. The summed E-state index contributed by atoms with van der Waals surface area (Å²) < 4.78 is 0. The lowest BCUT2D eigenvalue weighted by Crippen LogP contribution is -2.34. The van der Waals surface area contributed by atoms with Gasteiger partial charge in [-0.25, -0.2) is 0 Å². The van der Waals surface area contributed by atoms with Gasteiger partial charge in [0.1, 0.15) is 0 Å². The first kappa shape index (κ1) is 15.0. The first-order valence-corrected chi connectivity index (χ1v) is 6.84. The van der Waals surface area contributed by atoms with Crippen LogP contribution in [0.15, 0.2) is 24.3 Å². The molecule has 1 aliphatic carbocycles. The lowest BCUT2D eigenvalue weighted by molar-refractivity contribution is -0.138. The van der Waals surface area contributed by atoms with Crippen LogP contribution in [0, 0.1) is 11.3 Å². The number of carbonyl (C=O) groups excluding carboxylic acids is 1. The van der Waals surface area contributed by atoms with Crippen LogP contribution in [0.4, 0.5) is 5.69 Å². The number of carboxylic acid groups (broad SMARTS) is 1. The molecule has 6 heteroatoms. The van der Waals surface area contributed by atoms with Gasteiger partial charge in [0.15, 0.2) is 0 Å². The predicted octanol–water partition coefficient (Wildman–Crippen LogP) is 1.44. The van der Waals surface area contributed by atoms with Crippen molar-refractivity contribution in [2.45, 2.75) is 25.3 Å². The van der Waals surface area contributed by atoms with Crippen LogP contribution in [0.5, 0.6) is 0 Å². The van der Waals surface area contributed by atoms with Gasteiger partial charge >= 0.3 is 5.97 Å².